The Bertz CT molecular complexity index is 460. The van der Waals surface area contributed by atoms with E-state index in [9.17, 15) is 4.79 Å². The van der Waals surface area contributed by atoms with Gasteiger partial charge in [-0.2, -0.15) is 0 Å². The Labute approximate surface area is 112 Å². The molecule has 1 aromatic carbocycles. The molecular formula is C14H18N2O3. The lowest BCUT2D eigenvalue weighted by Crippen LogP contribution is -2.58. The van der Waals surface area contributed by atoms with Gasteiger partial charge < -0.3 is 20.1 Å². The number of nitrogens with one attached hydrogen (secondary N) is 2. The summed E-state index contributed by atoms with van der Waals surface area (Å²) in [6.45, 7) is 0.719. The molecule has 0 unspecified atom stereocenters. The highest BCUT2D eigenvalue weighted by Gasteiger charge is 2.39. The van der Waals surface area contributed by atoms with E-state index in [1.807, 2.05) is 24.3 Å². The molecule has 3 rings (SSSR count). The number of carbonyl (C=O) groups is 1. The molecular weight excluding hydrogens is 244 g/mol. The Kier molecular flexibility index (Phi) is 3.29. The fourth-order valence-corrected chi connectivity index (χ4v) is 2.86. The molecule has 1 aromatic rings. The molecule has 2 N–H and O–H groups in total. The van der Waals surface area contributed by atoms with Crippen molar-refractivity contribution in [2.24, 2.45) is 5.92 Å². The topological polar surface area (TPSA) is 59.6 Å². The summed E-state index contributed by atoms with van der Waals surface area (Å²) < 4.78 is 10.8. The number of urea groups is 1. The minimum absolute atomic E-state index is 0.00459. The monoisotopic (exact) mass is 262 g/mol. The number of methoxy groups -OCH3 is 1. The van der Waals surface area contributed by atoms with Crippen molar-refractivity contribution in [1.82, 2.24) is 10.6 Å². The summed E-state index contributed by atoms with van der Waals surface area (Å²) in [6.07, 6.45) is 1.91. The molecule has 5 heteroatoms. The van der Waals surface area contributed by atoms with Crippen LogP contribution in [0.1, 0.15) is 24.4 Å². The average Bonchev–Trinajstić information content (AvgIpc) is 2.46. The predicted molar refractivity (Wildman–Crippen MR) is 69.9 cm³/mol. The summed E-state index contributed by atoms with van der Waals surface area (Å²) >= 11 is 0. The highest BCUT2D eigenvalue weighted by molar-refractivity contribution is 5.75. The number of carbonyl (C=O) groups excluding carboxylic acids is 1. The number of ether oxygens (including phenoxy) is 2. The molecule has 0 aromatic heterocycles. The molecule has 2 heterocycles. The summed E-state index contributed by atoms with van der Waals surface area (Å²) in [5.74, 6) is 1.10. The molecule has 0 aliphatic carbocycles. The first-order valence-corrected chi connectivity index (χ1v) is 6.60. The third-order valence-electron chi connectivity index (χ3n) is 3.83. The van der Waals surface area contributed by atoms with Crippen LogP contribution in [0, 0.1) is 5.92 Å². The Balaban J connectivity index is 1.85. The molecule has 3 atom stereocenters. The van der Waals surface area contributed by atoms with Crippen LogP contribution in [0.4, 0.5) is 4.79 Å². The van der Waals surface area contributed by atoms with Crippen molar-refractivity contribution >= 4 is 6.03 Å². The highest BCUT2D eigenvalue weighted by atomic mass is 16.5. The molecule has 0 spiro atoms. The van der Waals surface area contributed by atoms with Gasteiger partial charge >= 0.3 is 6.03 Å². The smallest absolute Gasteiger partial charge is 0.317 e. The van der Waals surface area contributed by atoms with Crippen LogP contribution < -0.4 is 15.4 Å². The Morgan fingerprint density at radius 1 is 1.26 bits per heavy atom. The van der Waals surface area contributed by atoms with E-state index in [-0.39, 0.29) is 24.2 Å². The van der Waals surface area contributed by atoms with Crippen LogP contribution in [0.2, 0.25) is 0 Å². The van der Waals surface area contributed by atoms with Crippen LogP contribution in [-0.2, 0) is 4.74 Å². The Hall–Kier alpha value is -1.75. The summed E-state index contributed by atoms with van der Waals surface area (Å²) in [4.78, 5) is 11.7. The number of hydrogen-bond donors (Lipinski definition) is 2. The van der Waals surface area contributed by atoms with E-state index in [4.69, 9.17) is 9.47 Å². The molecule has 0 radical (unpaired) electrons. The zero-order valence-electron chi connectivity index (χ0n) is 10.9. The molecule has 0 saturated carbocycles. The SMILES string of the molecule is COc1ccc([C@@H]2NC(=O)N[C@H]3OCCC[C@H]32)cc1. The van der Waals surface area contributed by atoms with E-state index in [1.54, 1.807) is 7.11 Å². The van der Waals surface area contributed by atoms with E-state index in [0.717, 1.165) is 30.8 Å². The van der Waals surface area contributed by atoms with Crippen LogP contribution in [0.3, 0.4) is 0 Å². The van der Waals surface area contributed by atoms with Gasteiger partial charge in [-0.1, -0.05) is 12.1 Å². The standard InChI is InChI=1S/C14H18N2O3/c1-18-10-6-4-9(5-7-10)12-11-3-2-8-19-13(11)16-14(17)15-12/h4-7,11-13H,2-3,8H2,1H3,(H2,15,16,17)/t11-,12-,13-/m0/s1. The number of rotatable bonds is 2. The molecule has 0 bridgehead atoms. The van der Waals surface area contributed by atoms with E-state index in [2.05, 4.69) is 10.6 Å². The lowest BCUT2D eigenvalue weighted by atomic mass is 9.85. The normalized spacial score (nSPS) is 29.9. The fourth-order valence-electron chi connectivity index (χ4n) is 2.86. The van der Waals surface area contributed by atoms with Crippen LogP contribution in [0.15, 0.2) is 24.3 Å². The number of fused-ring (bicyclic) bond motifs is 1. The minimum Gasteiger partial charge on any atom is -0.497 e. The van der Waals surface area contributed by atoms with Gasteiger partial charge in [-0.15, -0.1) is 0 Å². The van der Waals surface area contributed by atoms with Gasteiger partial charge in [0.2, 0.25) is 0 Å². The Morgan fingerprint density at radius 3 is 2.79 bits per heavy atom. The second-order valence-electron chi connectivity index (χ2n) is 4.97. The average molecular weight is 262 g/mol. The van der Waals surface area contributed by atoms with Gasteiger partial charge in [0.15, 0.2) is 0 Å². The van der Waals surface area contributed by atoms with Gasteiger partial charge in [0.1, 0.15) is 12.0 Å². The second kappa shape index (κ2) is 5.09. The van der Waals surface area contributed by atoms with Crippen molar-refractivity contribution in [2.45, 2.75) is 25.1 Å². The van der Waals surface area contributed by atoms with Gasteiger partial charge in [-0.25, -0.2) is 4.79 Å². The predicted octanol–water partition coefficient (Wildman–Crippen LogP) is 1.80. The summed E-state index contributed by atoms with van der Waals surface area (Å²) in [5.41, 5.74) is 1.09. The van der Waals surface area contributed by atoms with Crippen molar-refractivity contribution in [2.75, 3.05) is 13.7 Å². The van der Waals surface area contributed by atoms with Gasteiger partial charge in [-0.05, 0) is 30.5 Å². The maximum absolute atomic E-state index is 11.7. The van der Waals surface area contributed by atoms with Gasteiger partial charge in [-0.3, -0.25) is 0 Å². The summed E-state index contributed by atoms with van der Waals surface area (Å²) in [5, 5.41) is 5.84. The lowest BCUT2D eigenvalue weighted by Gasteiger charge is -2.41. The largest absolute Gasteiger partial charge is 0.497 e. The van der Waals surface area contributed by atoms with E-state index < -0.39 is 0 Å². The number of benzene rings is 1. The first-order chi connectivity index (χ1) is 9.28. The van der Waals surface area contributed by atoms with Crippen molar-refractivity contribution in [3.05, 3.63) is 29.8 Å². The van der Waals surface area contributed by atoms with Crippen LogP contribution in [0.5, 0.6) is 5.75 Å². The molecule has 2 amide bonds. The quantitative estimate of drug-likeness (QED) is 0.854. The first kappa shape index (κ1) is 12.3. The zero-order chi connectivity index (χ0) is 13.2. The molecule has 2 saturated heterocycles. The van der Waals surface area contributed by atoms with Gasteiger partial charge in [0.25, 0.3) is 0 Å². The zero-order valence-corrected chi connectivity index (χ0v) is 10.9. The Morgan fingerprint density at radius 2 is 2.05 bits per heavy atom. The van der Waals surface area contributed by atoms with E-state index in [0.29, 0.717) is 0 Å². The highest BCUT2D eigenvalue weighted by Crippen LogP contribution is 2.34. The van der Waals surface area contributed by atoms with E-state index >= 15 is 0 Å². The van der Waals surface area contributed by atoms with Crippen LogP contribution >= 0.6 is 0 Å². The molecule has 19 heavy (non-hydrogen) atoms. The van der Waals surface area contributed by atoms with Crippen LogP contribution in [-0.4, -0.2) is 26.0 Å². The minimum atomic E-state index is -0.172. The molecule has 2 aliphatic heterocycles. The third-order valence-corrected chi connectivity index (χ3v) is 3.83. The van der Waals surface area contributed by atoms with Crippen LogP contribution in [0.25, 0.3) is 0 Å². The van der Waals surface area contributed by atoms with Gasteiger partial charge in [0, 0.05) is 12.5 Å². The van der Waals surface area contributed by atoms with Crippen molar-refractivity contribution in [3.8, 4) is 5.75 Å². The molecule has 2 aliphatic rings. The second-order valence-corrected chi connectivity index (χ2v) is 4.97. The lowest BCUT2D eigenvalue weighted by molar-refractivity contribution is -0.0602. The summed E-state index contributed by atoms with van der Waals surface area (Å²) in [6, 6.07) is 7.68. The number of hydrogen-bond acceptors (Lipinski definition) is 3. The first-order valence-electron chi connectivity index (χ1n) is 6.60. The van der Waals surface area contributed by atoms with Crippen molar-refractivity contribution < 1.29 is 14.3 Å². The van der Waals surface area contributed by atoms with Gasteiger partial charge in [0.05, 0.1) is 13.2 Å². The molecule has 102 valence electrons. The van der Waals surface area contributed by atoms with E-state index in [1.165, 1.54) is 0 Å². The molecule has 5 nitrogen and oxygen atoms in total. The third kappa shape index (κ3) is 2.38. The number of amides is 2. The summed E-state index contributed by atoms with van der Waals surface area (Å²) in [7, 11) is 1.65. The maximum Gasteiger partial charge on any atom is 0.317 e. The maximum atomic E-state index is 11.7. The fraction of sp³-hybridized carbons (Fsp3) is 0.500. The van der Waals surface area contributed by atoms with Crippen molar-refractivity contribution in [3.63, 3.8) is 0 Å². The van der Waals surface area contributed by atoms with Crippen molar-refractivity contribution in [1.29, 1.82) is 0 Å². The molecule has 2 fully saturated rings.